The van der Waals surface area contributed by atoms with Crippen LogP contribution in [0.1, 0.15) is 26.2 Å². The zero-order chi connectivity index (χ0) is 8.39. The van der Waals surface area contributed by atoms with Crippen molar-refractivity contribution in [2.75, 3.05) is 19.6 Å². The van der Waals surface area contributed by atoms with Gasteiger partial charge in [-0.15, -0.1) is 0 Å². The molecule has 1 unspecified atom stereocenters. The normalized spacial score (nSPS) is 36.8. The van der Waals surface area contributed by atoms with Gasteiger partial charge in [0.25, 0.3) is 0 Å². The third-order valence-corrected chi connectivity index (χ3v) is 3.24. The Morgan fingerprint density at radius 2 is 2.00 bits per heavy atom. The van der Waals surface area contributed by atoms with Crippen molar-refractivity contribution >= 4 is 0 Å². The van der Waals surface area contributed by atoms with Gasteiger partial charge in [0.05, 0.1) is 0 Å². The summed E-state index contributed by atoms with van der Waals surface area (Å²) in [4.78, 5) is 0. The maximum atomic E-state index is 3.65. The van der Waals surface area contributed by atoms with Crippen LogP contribution in [0.5, 0.6) is 0 Å². The molecule has 2 atom stereocenters. The molecule has 12 heavy (non-hydrogen) atoms. The van der Waals surface area contributed by atoms with Crippen LogP contribution >= 0.6 is 0 Å². The summed E-state index contributed by atoms with van der Waals surface area (Å²) in [6, 6.07) is 0.861. The van der Waals surface area contributed by atoms with Crippen LogP contribution in [0.3, 0.4) is 0 Å². The van der Waals surface area contributed by atoms with Crippen LogP contribution in [0.15, 0.2) is 0 Å². The first-order valence-electron chi connectivity index (χ1n) is 5.30. The molecule has 1 aliphatic carbocycles. The number of nitrogens with one attached hydrogen (secondary N) is 2. The highest BCUT2D eigenvalue weighted by molar-refractivity contribution is 4.90. The first-order valence-corrected chi connectivity index (χ1v) is 5.30. The quantitative estimate of drug-likeness (QED) is 0.656. The summed E-state index contributed by atoms with van der Waals surface area (Å²) in [6.07, 6.45) is 4.15. The van der Waals surface area contributed by atoms with Crippen LogP contribution in [-0.2, 0) is 0 Å². The van der Waals surface area contributed by atoms with E-state index in [1.54, 1.807) is 0 Å². The van der Waals surface area contributed by atoms with Crippen molar-refractivity contribution in [2.24, 2.45) is 11.8 Å². The van der Waals surface area contributed by atoms with Gasteiger partial charge in [0.2, 0.25) is 0 Å². The maximum Gasteiger partial charge on any atom is 0.00965 e. The zero-order valence-electron chi connectivity index (χ0n) is 7.97. The van der Waals surface area contributed by atoms with Gasteiger partial charge in [-0.2, -0.15) is 0 Å². The van der Waals surface area contributed by atoms with Crippen molar-refractivity contribution < 1.29 is 0 Å². The summed E-state index contributed by atoms with van der Waals surface area (Å²) >= 11 is 0. The molecule has 0 aromatic heterocycles. The standard InChI is InChI=1S/C10H20N2/c1-8-6-10(8)12-7-9-2-4-11-5-3-9/h8-12H,2-7H2,1H3/t8?,10-/m0/s1. The van der Waals surface area contributed by atoms with E-state index in [1.807, 2.05) is 0 Å². The highest BCUT2D eigenvalue weighted by Gasteiger charge is 2.32. The van der Waals surface area contributed by atoms with Gasteiger partial charge >= 0.3 is 0 Å². The fourth-order valence-corrected chi connectivity index (χ4v) is 2.01. The number of piperidine rings is 1. The lowest BCUT2D eigenvalue weighted by molar-refractivity contribution is 0.354. The Hall–Kier alpha value is -0.0800. The van der Waals surface area contributed by atoms with Crippen LogP contribution in [0.4, 0.5) is 0 Å². The lowest BCUT2D eigenvalue weighted by Gasteiger charge is -2.22. The molecule has 2 rings (SSSR count). The SMILES string of the molecule is CC1C[C@@H]1NCC1CCNCC1. The summed E-state index contributed by atoms with van der Waals surface area (Å²) in [6.45, 7) is 6.05. The summed E-state index contributed by atoms with van der Waals surface area (Å²) in [7, 11) is 0. The Morgan fingerprint density at radius 1 is 1.33 bits per heavy atom. The molecule has 2 aliphatic rings. The molecule has 2 heteroatoms. The van der Waals surface area contributed by atoms with E-state index in [0.29, 0.717) is 0 Å². The van der Waals surface area contributed by atoms with Crippen molar-refractivity contribution in [1.29, 1.82) is 0 Å². The molecule has 0 radical (unpaired) electrons. The summed E-state index contributed by atoms with van der Waals surface area (Å²) in [5.41, 5.74) is 0. The molecule has 1 heterocycles. The molecule has 0 aromatic rings. The lowest BCUT2D eigenvalue weighted by atomic mass is 9.98. The minimum Gasteiger partial charge on any atom is -0.317 e. The fourth-order valence-electron chi connectivity index (χ4n) is 2.01. The number of hydrogen-bond donors (Lipinski definition) is 2. The third-order valence-electron chi connectivity index (χ3n) is 3.24. The first kappa shape index (κ1) is 8.52. The van der Waals surface area contributed by atoms with Gasteiger partial charge in [-0.1, -0.05) is 6.92 Å². The molecular weight excluding hydrogens is 148 g/mol. The van der Waals surface area contributed by atoms with E-state index in [1.165, 1.54) is 38.9 Å². The zero-order valence-corrected chi connectivity index (χ0v) is 7.97. The smallest absolute Gasteiger partial charge is 0.00965 e. The highest BCUT2D eigenvalue weighted by Crippen LogP contribution is 2.29. The predicted molar refractivity (Wildman–Crippen MR) is 51.2 cm³/mol. The largest absolute Gasteiger partial charge is 0.317 e. The molecule has 0 spiro atoms. The highest BCUT2D eigenvalue weighted by atomic mass is 15.0. The molecule has 2 nitrogen and oxygen atoms in total. The third kappa shape index (κ3) is 2.20. The minimum atomic E-state index is 0.861. The van der Waals surface area contributed by atoms with Gasteiger partial charge in [-0.3, -0.25) is 0 Å². The second-order valence-electron chi connectivity index (χ2n) is 4.42. The van der Waals surface area contributed by atoms with Gasteiger partial charge in [-0.25, -0.2) is 0 Å². The maximum absolute atomic E-state index is 3.65. The van der Waals surface area contributed by atoms with E-state index in [4.69, 9.17) is 0 Å². The molecular formula is C10H20N2. The molecule has 1 saturated heterocycles. The molecule has 0 amide bonds. The van der Waals surface area contributed by atoms with Crippen molar-refractivity contribution in [2.45, 2.75) is 32.2 Å². The van der Waals surface area contributed by atoms with Crippen molar-refractivity contribution in [1.82, 2.24) is 10.6 Å². The van der Waals surface area contributed by atoms with Gasteiger partial charge in [-0.05, 0) is 50.7 Å². The molecule has 0 bridgehead atoms. The van der Waals surface area contributed by atoms with E-state index < -0.39 is 0 Å². The van der Waals surface area contributed by atoms with Gasteiger partial charge < -0.3 is 10.6 Å². The van der Waals surface area contributed by atoms with Crippen LogP contribution in [0.25, 0.3) is 0 Å². The average molecular weight is 168 g/mol. The second-order valence-corrected chi connectivity index (χ2v) is 4.42. The van der Waals surface area contributed by atoms with Crippen molar-refractivity contribution in [3.63, 3.8) is 0 Å². The van der Waals surface area contributed by atoms with E-state index in [-0.39, 0.29) is 0 Å². The Labute approximate surface area is 75.1 Å². The monoisotopic (exact) mass is 168 g/mol. The Morgan fingerprint density at radius 3 is 2.58 bits per heavy atom. The Balaban J connectivity index is 1.59. The van der Waals surface area contributed by atoms with Gasteiger partial charge in [0, 0.05) is 6.04 Å². The first-order chi connectivity index (χ1) is 5.86. The number of rotatable bonds is 3. The lowest BCUT2D eigenvalue weighted by Crippen LogP contribution is -2.34. The molecule has 2 fully saturated rings. The van der Waals surface area contributed by atoms with Crippen molar-refractivity contribution in [3.8, 4) is 0 Å². The van der Waals surface area contributed by atoms with E-state index in [2.05, 4.69) is 17.6 Å². The molecule has 0 aromatic carbocycles. The van der Waals surface area contributed by atoms with Crippen LogP contribution < -0.4 is 10.6 Å². The van der Waals surface area contributed by atoms with E-state index in [0.717, 1.165) is 17.9 Å². The average Bonchev–Trinajstić information content (AvgIpc) is 2.81. The minimum absolute atomic E-state index is 0.861. The van der Waals surface area contributed by atoms with Crippen molar-refractivity contribution in [3.05, 3.63) is 0 Å². The van der Waals surface area contributed by atoms with E-state index in [9.17, 15) is 0 Å². The fraction of sp³-hybridized carbons (Fsp3) is 1.00. The molecule has 2 N–H and O–H groups in total. The molecule has 1 aliphatic heterocycles. The van der Waals surface area contributed by atoms with Crippen LogP contribution in [-0.4, -0.2) is 25.7 Å². The Bertz CT molecular complexity index is 141. The molecule has 1 saturated carbocycles. The second kappa shape index (κ2) is 3.75. The van der Waals surface area contributed by atoms with Gasteiger partial charge in [0.15, 0.2) is 0 Å². The van der Waals surface area contributed by atoms with Gasteiger partial charge in [0.1, 0.15) is 0 Å². The topological polar surface area (TPSA) is 24.1 Å². The van der Waals surface area contributed by atoms with Crippen LogP contribution in [0, 0.1) is 11.8 Å². The van der Waals surface area contributed by atoms with Crippen LogP contribution in [0.2, 0.25) is 0 Å². The summed E-state index contributed by atoms with van der Waals surface area (Å²) in [5, 5.41) is 7.05. The summed E-state index contributed by atoms with van der Waals surface area (Å²) < 4.78 is 0. The van der Waals surface area contributed by atoms with E-state index >= 15 is 0 Å². The predicted octanol–water partition coefficient (Wildman–Crippen LogP) is 0.984. The molecule has 70 valence electrons. The summed E-state index contributed by atoms with van der Waals surface area (Å²) in [5.74, 6) is 1.89. The number of hydrogen-bond acceptors (Lipinski definition) is 2. The Kier molecular flexibility index (Phi) is 2.66.